The molecule has 2 atom stereocenters. The Morgan fingerprint density at radius 3 is 2.83 bits per heavy atom. The summed E-state index contributed by atoms with van der Waals surface area (Å²) in [7, 11) is 0. The zero-order chi connectivity index (χ0) is 13.0. The highest BCUT2D eigenvalue weighted by Crippen LogP contribution is 2.22. The van der Waals surface area contributed by atoms with Gasteiger partial charge in [-0.05, 0) is 63.1 Å². The molecule has 100 valence electrons. The van der Waals surface area contributed by atoms with Gasteiger partial charge < -0.3 is 5.32 Å². The van der Waals surface area contributed by atoms with Gasteiger partial charge in [-0.15, -0.1) is 0 Å². The molecule has 2 rings (SSSR count). The molecule has 0 aromatic heterocycles. The van der Waals surface area contributed by atoms with Crippen molar-refractivity contribution in [1.29, 1.82) is 0 Å². The highest BCUT2D eigenvalue weighted by molar-refractivity contribution is 5.30. The van der Waals surface area contributed by atoms with Crippen LogP contribution in [-0.2, 0) is 6.42 Å². The van der Waals surface area contributed by atoms with Crippen LogP contribution in [0.2, 0.25) is 0 Å². The van der Waals surface area contributed by atoms with E-state index in [9.17, 15) is 0 Å². The standard InChI is InChI=1S/C17H27N/c1-4-15-9-10-18-17(12-15)8-7-16-6-5-13(2)11-14(16)3/h5-6,11,15,17-18H,4,7-10,12H2,1-3H3. The topological polar surface area (TPSA) is 12.0 Å². The van der Waals surface area contributed by atoms with E-state index >= 15 is 0 Å². The van der Waals surface area contributed by atoms with Crippen LogP contribution in [-0.4, -0.2) is 12.6 Å². The largest absolute Gasteiger partial charge is 0.314 e. The molecule has 0 bridgehead atoms. The molecule has 0 saturated carbocycles. The monoisotopic (exact) mass is 245 g/mol. The third-order valence-corrected chi connectivity index (χ3v) is 4.44. The molecule has 2 unspecified atom stereocenters. The molecule has 1 aromatic rings. The van der Waals surface area contributed by atoms with E-state index in [0.717, 1.165) is 12.0 Å². The highest BCUT2D eigenvalue weighted by atomic mass is 14.9. The number of hydrogen-bond acceptors (Lipinski definition) is 1. The van der Waals surface area contributed by atoms with Crippen molar-refractivity contribution in [3.8, 4) is 0 Å². The van der Waals surface area contributed by atoms with E-state index in [2.05, 4.69) is 44.3 Å². The van der Waals surface area contributed by atoms with E-state index in [1.54, 1.807) is 0 Å². The minimum absolute atomic E-state index is 0.740. The van der Waals surface area contributed by atoms with Gasteiger partial charge in [-0.1, -0.05) is 37.1 Å². The third kappa shape index (κ3) is 3.58. The van der Waals surface area contributed by atoms with Gasteiger partial charge in [0.25, 0.3) is 0 Å². The fourth-order valence-corrected chi connectivity index (χ4v) is 3.14. The lowest BCUT2D eigenvalue weighted by molar-refractivity contribution is 0.285. The van der Waals surface area contributed by atoms with Gasteiger partial charge in [0.1, 0.15) is 0 Å². The fourth-order valence-electron chi connectivity index (χ4n) is 3.14. The average molecular weight is 245 g/mol. The van der Waals surface area contributed by atoms with Crippen molar-refractivity contribution >= 4 is 0 Å². The summed E-state index contributed by atoms with van der Waals surface area (Å²) in [6, 6.07) is 7.60. The first-order valence-corrected chi connectivity index (χ1v) is 7.48. The second kappa shape index (κ2) is 6.38. The molecule has 1 heterocycles. The quantitative estimate of drug-likeness (QED) is 0.845. The molecule has 1 N–H and O–H groups in total. The molecule has 18 heavy (non-hydrogen) atoms. The third-order valence-electron chi connectivity index (χ3n) is 4.44. The molecule has 0 amide bonds. The summed E-state index contributed by atoms with van der Waals surface area (Å²) in [6.45, 7) is 7.96. The number of piperidine rings is 1. The first-order valence-electron chi connectivity index (χ1n) is 7.48. The lowest BCUT2D eigenvalue weighted by Gasteiger charge is -2.30. The number of nitrogens with one attached hydrogen (secondary N) is 1. The molecule has 0 spiro atoms. The Labute approximate surface area is 112 Å². The van der Waals surface area contributed by atoms with Gasteiger partial charge in [-0.25, -0.2) is 0 Å². The minimum atomic E-state index is 0.740. The van der Waals surface area contributed by atoms with Crippen LogP contribution in [0.3, 0.4) is 0 Å². The fraction of sp³-hybridized carbons (Fsp3) is 0.647. The van der Waals surface area contributed by atoms with Crippen molar-refractivity contribution in [3.05, 3.63) is 34.9 Å². The van der Waals surface area contributed by atoms with E-state index < -0.39 is 0 Å². The van der Waals surface area contributed by atoms with Crippen LogP contribution in [0.15, 0.2) is 18.2 Å². The van der Waals surface area contributed by atoms with Crippen molar-refractivity contribution in [2.45, 2.75) is 58.9 Å². The van der Waals surface area contributed by atoms with E-state index in [4.69, 9.17) is 0 Å². The summed E-state index contributed by atoms with van der Waals surface area (Å²) in [5.41, 5.74) is 4.36. The van der Waals surface area contributed by atoms with E-state index in [-0.39, 0.29) is 0 Å². The van der Waals surface area contributed by atoms with Gasteiger partial charge in [-0.3, -0.25) is 0 Å². The van der Waals surface area contributed by atoms with Crippen LogP contribution >= 0.6 is 0 Å². The average Bonchev–Trinajstić information content (AvgIpc) is 2.38. The molecule has 0 radical (unpaired) electrons. The Bertz CT molecular complexity index is 383. The van der Waals surface area contributed by atoms with Crippen LogP contribution in [0.25, 0.3) is 0 Å². The van der Waals surface area contributed by atoms with Gasteiger partial charge in [0, 0.05) is 6.04 Å². The van der Waals surface area contributed by atoms with Crippen molar-refractivity contribution < 1.29 is 0 Å². The zero-order valence-corrected chi connectivity index (χ0v) is 12.1. The molecule has 1 aliphatic heterocycles. The Morgan fingerprint density at radius 1 is 1.28 bits per heavy atom. The van der Waals surface area contributed by atoms with Crippen LogP contribution in [0, 0.1) is 19.8 Å². The predicted octanol–water partition coefficient (Wildman–Crippen LogP) is 4.01. The van der Waals surface area contributed by atoms with E-state index in [0.29, 0.717) is 0 Å². The Hall–Kier alpha value is -0.820. The molecule has 1 aliphatic rings. The summed E-state index contributed by atoms with van der Waals surface area (Å²) in [5.74, 6) is 0.954. The SMILES string of the molecule is CCC1CCNC(CCc2ccc(C)cc2C)C1. The predicted molar refractivity (Wildman–Crippen MR) is 79.0 cm³/mol. The zero-order valence-electron chi connectivity index (χ0n) is 12.1. The molecule has 1 fully saturated rings. The van der Waals surface area contributed by atoms with Crippen LogP contribution < -0.4 is 5.32 Å². The molecule has 1 saturated heterocycles. The van der Waals surface area contributed by atoms with Gasteiger partial charge in [0.05, 0.1) is 0 Å². The number of hydrogen-bond donors (Lipinski definition) is 1. The Morgan fingerprint density at radius 2 is 2.11 bits per heavy atom. The summed E-state index contributed by atoms with van der Waals surface area (Å²) in [4.78, 5) is 0. The van der Waals surface area contributed by atoms with Crippen molar-refractivity contribution in [1.82, 2.24) is 5.32 Å². The molecular formula is C17H27N. The summed E-state index contributed by atoms with van der Waals surface area (Å²) >= 11 is 0. The summed E-state index contributed by atoms with van der Waals surface area (Å²) in [5, 5.41) is 3.68. The van der Waals surface area contributed by atoms with Crippen LogP contribution in [0.5, 0.6) is 0 Å². The number of rotatable bonds is 4. The smallest absolute Gasteiger partial charge is 0.00728 e. The molecule has 1 aromatic carbocycles. The number of aryl methyl sites for hydroxylation is 3. The van der Waals surface area contributed by atoms with E-state index in [1.165, 1.54) is 55.3 Å². The second-order valence-corrected chi connectivity index (χ2v) is 5.92. The van der Waals surface area contributed by atoms with Crippen LogP contribution in [0.1, 0.15) is 49.3 Å². The molecule has 0 aliphatic carbocycles. The summed E-state index contributed by atoms with van der Waals surface area (Å²) in [6.07, 6.45) is 6.61. The van der Waals surface area contributed by atoms with Crippen molar-refractivity contribution in [3.63, 3.8) is 0 Å². The normalized spacial score (nSPS) is 24.2. The Balaban J connectivity index is 1.87. The first-order chi connectivity index (χ1) is 8.69. The van der Waals surface area contributed by atoms with Gasteiger partial charge in [0.15, 0.2) is 0 Å². The van der Waals surface area contributed by atoms with Gasteiger partial charge in [-0.2, -0.15) is 0 Å². The highest BCUT2D eigenvalue weighted by Gasteiger charge is 2.19. The second-order valence-electron chi connectivity index (χ2n) is 5.92. The lowest BCUT2D eigenvalue weighted by atomic mass is 9.87. The molecule has 1 nitrogen and oxygen atoms in total. The summed E-state index contributed by atoms with van der Waals surface area (Å²) < 4.78 is 0. The Kier molecular flexibility index (Phi) is 4.82. The van der Waals surface area contributed by atoms with E-state index in [1.807, 2.05) is 0 Å². The molecular weight excluding hydrogens is 218 g/mol. The maximum Gasteiger partial charge on any atom is 0.00728 e. The molecule has 1 heteroatoms. The first kappa shape index (κ1) is 13.6. The minimum Gasteiger partial charge on any atom is -0.314 e. The van der Waals surface area contributed by atoms with Gasteiger partial charge in [0.2, 0.25) is 0 Å². The maximum absolute atomic E-state index is 3.68. The lowest BCUT2D eigenvalue weighted by Crippen LogP contribution is -2.38. The van der Waals surface area contributed by atoms with Crippen molar-refractivity contribution in [2.75, 3.05) is 6.54 Å². The van der Waals surface area contributed by atoms with Crippen molar-refractivity contribution in [2.24, 2.45) is 5.92 Å². The van der Waals surface area contributed by atoms with Gasteiger partial charge >= 0.3 is 0 Å². The van der Waals surface area contributed by atoms with Crippen LogP contribution in [0.4, 0.5) is 0 Å². The maximum atomic E-state index is 3.68. The number of benzene rings is 1.